The Kier molecular flexibility index (Phi) is 5.37. The van der Waals surface area contributed by atoms with Gasteiger partial charge in [0.1, 0.15) is 23.8 Å². The maximum absolute atomic E-state index is 13.4. The van der Waals surface area contributed by atoms with Crippen LogP contribution in [-0.2, 0) is 23.3 Å². The zero-order valence-electron chi connectivity index (χ0n) is 13.8. The molecule has 9 nitrogen and oxygen atoms in total. The number of nitrogens with two attached hydrogens (primary N) is 1. The van der Waals surface area contributed by atoms with E-state index < -0.39 is 46.1 Å². The van der Waals surface area contributed by atoms with Gasteiger partial charge in [-0.05, 0) is 12.1 Å². The number of hydrogen-bond donors (Lipinski definition) is 4. The smallest absolute Gasteiger partial charge is 0.417 e. The molecule has 0 saturated carbocycles. The average molecular weight is 408 g/mol. The van der Waals surface area contributed by atoms with Crippen molar-refractivity contribution >= 4 is 32.9 Å². The molecule has 0 aliphatic carbocycles. The van der Waals surface area contributed by atoms with E-state index in [4.69, 9.17) is 20.4 Å². The van der Waals surface area contributed by atoms with Gasteiger partial charge in [0.15, 0.2) is 5.96 Å². The largest absolute Gasteiger partial charge is 0.492 e. The number of fused-ring (bicyclic) bond motifs is 1. The van der Waals surface area contributed by atoms with E-state index in [0.717, 1.165) is 10.6 Å². The molecule has 1 amide bonds. The molecule has 2 rings (SSSR count). The highest BCUT2D eigenvalue weighted by Gasteiger charge is 2.34. The molecule has 0 bridgehead atoms. The van der Waals surface area contributed by atoms with Crippen LogP contribution in [-0.4, -0.2) is 41.8 Å². The first-order valence-corrected chi connectivity index (χ1v) is 8.84. The van der Waals surface area contributed by atoms with Gasteiger partial charge >= 0.3 is 6.18 Å². The number of alkyl halides is 3. The van der Waals surface area contributed by atoms with Gasteiger partial charge in [-0.1, -0.05) is 0 Å². The maximum atomic E-state index is 13.4. The number of amides is 1. The van der Waals surface area contributed by atoms with Crippen molar-refractivity contribution in [1.82, 2.24) is 9.88 Å². The van der Waals surface area contributed by atoms with E-state index in [2.05, 4.69) is 0 Å². The van der Waals surface area contributed by atoms with Crippen LogP contribution < -0.4 is 15.8 Å². The summed E-state index contributed by atoms with van der Waals surface area (Å²) in [5, 5.41) is 8.74. The van der Waals surface area contributed by atoms with Crippen molar-refractivity contribution in [1.29, 1.82) is 5.41 Å². The zero-order valence-corrected chi connectivity index (χ0v) is 14.6. The van der Waals surface area contributed by atoms with Crippen LogP contribution in [0, 0.1) is 5.41 Å². The van der Waals surface area contributed by atoms with Crippen LogP contribution in [0.4, 0.5) is 13.2 Å². The highest BCUT2D eigenvalue weighted by atomic mass is 32.2. The van der Waals surface area contributed by atoms with E-state index in [1.165, 1.54) is 13.1 Å². The number of aromatic nitrogens is 1. The van der Waals surface area contributed by atoms with Gasteiger partial charge in [0.25, 0.3) is 16.0 Å². The third kappa shape index (κ3) is 4.89. The van der Waals surface area contributed by atoms with Gasteiger partial charge in [-0.2, -0.15) is 21.6 Å². The van der Waals surface area contributed by atoms with E-state index in [9.17, 15) is 26.4 Å². The lowest BCUT2D eigenvalue weighted by Gasteiger charge is -2.12. The molecule has 0 aliphatic rings. The number of hydrogen-bond acceptors (Lipinski definition) is 5. The predicted octanol–water partition coefficient (Wildman–Crippen LogP) is 1.09. The zero-order chi connectivity index (χ0) is 20.6. The number of aryl methyl sites for hydroxylation is 1. The van der Waals surface area contributed by atoms with Crippen LogP contribution in [0.2, 0.25) is 0 Å². The van der Waals surface area contributed by atoms with Crippen LogP contribution in [0.25, 0.3) is 10.9 Å². The van der Waals surface area contributed by atoms with Crippen molar-refractivity contribution in [3.8, 4) is 5.75 Å². The van der Waals surface area contributed by atoms with Gasteiger partial charge in [-0.3, -0.25) is 20.1 Å². The first-order valence-electron chi connectivity index (χ1n) is 7.23. The molecule has 1 aromatic carbocycles. The summed E-state index contributed by atoms with van der Waals surface area (Å²) in [7, 11) is -3.01. The van der Waals surface area contributed by atoms with Gasteiger partial charge < -0.3 is 15.0 Å². The number of nitrogens with one attached hydrogen (secondary N) is 2. The Morgan fingerprint density at radius 1 is 1.37 bits per heavy atom. The number of carbonyl (C=O) groups excluding carboxylic acids is 1. The van der Waals surface area contributed by atoms with Gasteiger partial charge in [0.2, 0.25) is 0 Å². The quantitative estimate of drug-likeness (QED) is 0.331. The average Bonchev–Trinajstić information content (AvgIpc) is 2.81. The molecule has 27 heavy (non-hydrogen) atoms. The summed E-state index contributed by atoms with van der Waals surface area (Å²) in [6.45, 7) is -0.566. The number of guanidine groups is 1. The van der Waals surface area contributed by atoms with Gasteiger partial charge in [0, 0.05) is 18.5 Å². The number of ether oxygens (including phenoxy) is 1. The number of halogens is 3. The fraction of sp³-hybridized carbons (Fsp3) is 0.286. The summed E-state index contributed by atoms with van der Waals surface area (Å²) in [6.07, 6.45) is -4.78. The molecule has 0 unspecified atom stereocenters. The van der Waals surface area contributed by atoms with Crippen molar-refractivity contribution in [2.75, 3.05) is 12.4 Å². The topological polar surface area (TPSA) is 148 Å². The monoisotopic (exact) mass is 408 g/mol. The Morgan fingerprint density at radius 3 is 2.52 bits per heavy atom. The summed E-state index contributed by atoms with van der Waals surface area (Å²) in [6, 6.07) is 2.86. The lowest BCUT2D eigenvalue weighted by Crippen LogP contribution is -2.36. The van der Waals surface area contributed by atoms with Gasteiger partial charge in [-0.15, -0.1) is 0 Å². The second kappa shape index (κ2) is 7.08. The van der Waals surface area contributed by atoms with E-state index in [1.807, 2.05) is 5.32 Å². The Hall–Kier alpha value is -2.80. The first-order chi connectivity index (χ1) is 12.3. The molecule has 0 radical (unpaired) electrons. The molecular weight excluding hydrogens is 393 g/mol. The van der Waals surface area contributed by atoms with Crippen molar-refractivity contribution in [2.45, 2.75) is 6.18 Å². The van der Waals surface area contributed by atoms with Gasteiger partial charge in [-0.25, -0.2) is 0 Å². The molecule has 0 spiro atoms. The van der Waals surface area contributed by atoms with Crippen LogP contribution in [0.15, 0.2) is 18.2 Å². The first kappa shape index (κ1) is 20.5. The molecule has 1 aromatic heterocycles. The Bertz CT molecular complexity index is 1010. The second-order valence-electron chi connectivity index (χ2n) is 5.49. The molecule has 2 aromatic rings. The van der Waals surface area contributed by atoms with Crippen LogP contribution >= 0.6 is 0 Å². The molecule has 0 atom stereocenters. The normalized spacial score (nSPS) is 12.2. The summed E-state index contributed by atoms with van der Waals surface area (Å²) >= 11 is 0. The van der Waals surface area contributed by atoms with E-state index in [0.29, 0.717) is 6.07 Å². The van der Waals surface area contributed by atoms with Crippen molar-refractivity contribution in [3.05, 3.63) is 29.5 Å². The highest BCUT2D eigenvalue weighted by molar-refractivity contribution is 7.85. The Labute approximate surface area is 151 Å². The maximum Gasteiger partial charge on any atom is 0.417 e. The minimum atomic E-state index is -4.78. The number of nitrogens with zero attached hydrogens (tertiary/aromatic N) is 1. The van der Waals surface area contributed by atoms with E-state index in [1.54, 1.807) is 0 Å². The minimum Gasteiger partial charge on any atom is -0.492 e. The van der Waals surface area contributed by atoms with Crippen LogP contribution in [0.1, 0.15) is 16.1 Å². The van der Waals surface area contributed by atoms with Crippen LogP contribution in [0.3, 0.4) is 0 Å². The number of rotatable bonds is 5. The number of benzene rings is 1. The third-order valence-corrected chi connectivity index (χ3v) is 4.21. The standard InChI is InChI=1S/C14H15F3N4O5S/c1-21-10-5-7(26-2-3-27(23,24)25)4-9(14(15,16)17)8(10)6-11(21)12(22)20-13(18)19/h4-6H,2-3H2,1H3,(H,23,24,25)(H4,18,19,20,22). The lowest BCUT2D eigenvalue weighted by atomic mass is 10.1. The summed E-state index contributed by atoms with van der Waals surface area (Å²) < 4.78 is 76.4. The van der Waals surface area contributed by atoms with Crippen molar-refractivity contribution in [3.63, 3.8) is 0 Å². The summed E-state index contributed by atoms with van der Waals surface area (Å²) in [4.78, 5) is 12.0. The fourth-order valence-corrected chi connectivity index (χ4v) is 2.69. The van der Waals surface area contributed by atoms with Crippen molar-refractivity contribution < 1.29 is 35.7 Å². The van der Waals surface area contributed by atoms with Gasteiger partial charge in [0.05, 0.1) is 11.1 Å². The molecule has 0 saturated heterocycles. The van der Waals surface area contributed by atoms with E-state index >= 15 is 0 Å². The Morgan fingerprint density at radius 2 is 2.00 bits per heavy atom. The predicted molar refractivity (Wildman–Crippen MR) is 89.2 cm³/mol. The molecule has 148 valence electrons. The molecule has 0 fully saturated rings. The number of carbonyl (C=O) groups is 1. The summed E-state index contributed by atoms with van der Waals surface area (Å²) in [5.41, 5.74) is 3.77. The SMILES string of the molecule is Cn1c(C(=O)NC(=N)N)cc2c(C(F)(F)F)cc(OCCS(=O)(=O)O)cc21. The molecule has 13 heteroatoms. The minimum absolute atomic E-state index is 0.0135. The highest BCUT2D eigenvalue weighted by Crippen LogP contribution is 2.38. The lowest BCUT2D eigenvalue weighted by molar-refractivity contribution is -0.136. The summed E-state index contributed by atoms with van der Waals surface area (Å²) in [5.74, 6) is -2.64. The van der Waals surface area contributed by atoms with Crippen molar-refractivity contribution in [2.24, 2.45) is 12.8 Å². The van der Waals surface area contributed by atoms with E-state index in [-0.39, 0.29) is 22.3 Å². The fourth-order valence-electron chi connectivity index (χ4n) is 2.39. The molecule has 1 heterocycles. The Balaban J connectivity index is 2.54. The third-order valence-electron chi connectivity index (χ3n) is 3.53. The molecule has 0 aliphatic heterocycles. The van der Waals surface area contributed by atoms with Crippen LogP contribution in [0.5, 0.6) is 5.75 Å². The molecule has 5 N–H and O–H groups in total. The second-order valence-corrected chi connectivity index (χ2v) is 7.06. The molecular formula is C14H15F3N4O5S.